The maximum absolute atomic E-state index is 12.3. The molecule has 0 saturated carbocycles. The van der Waals surface area contributed by atoms with Crippen LogP contribution >= 0.6 is 23.5 Å². The molecule has 2 rings (SSSR count). The zero-order valence-electron chi connectivity index (χ0n) is 11.5. The van der Waals surface area contributed by atoms with E-state index in [-0.39, 0.29) is 0 Å². The summed E-state index contributed by atoms with van der Waals surface area (Å²) < 4.78 is 12.3. The van der Waals surface area contributed by atoms with Crippen molar-refractivity contribution in [3.8, 4) is 0 Å². The quantitative estimate of drug-likeness (QED) is 0.726. The van der Waals surface area contributed by atoms with E-state index in [1.54, 1.807) is 35.9 Å². The van der Waals surface area contributed by atoms with Crippen molar-refractivity contribution in [1.82, 2.24) is 19.9 Å². The number of aromatic amines is 2. The van der Waals surface area contributed by atoms with E-state index in [4.69, 9.17) is 0 Å². The molecular formula is C12H18N4OS3. The molecule has 0 aliphatic heterocycles. The van der Waals surface area contributed by atoms with E-state index in [0.29, 0.717) is 10.3 Å². The highest BCUT2D eigenvalue weighted by molar-refractivity contribution is 7.99. The number of aromatic nitrogens is 4. The molecule has 0 fully saturated rings. The van der Waals surface area contributed by atoms with Gasteiger partial charge in [-0.2, -0.15) is 0 Å². The van der Waals surface area contributed by atoms with Crippen molar-refractivity contribution < 1.29 is 4.21 Å². The Bertz CT molecular complexity index is 518. The molecular weight excluding hydrogens is 312 g/mol. The van der Waals surface area contributed by atoms with E-state index in [1.165, 1.54) is 0 Å². The number of rotatable bonds is 8. The molecule has 0 aliphatic rings. The molecule has 0 bridgehead atoms. The van der Waals surface area contributed by atoms with E-state index in [1.807, 2.05) is 0 Å². The van der Waals surface area contributed by atoms with Crippen molar-refractivity contribution in [2.75, 3.05) is 11.5 Å². The van der Waals surface area contributed by atoms with Gasteiger partial charge >= 0.3 is 0 Å². The molecule has 2 heterocycles. The van der Waals surface area contributed by atoms with Gasteiger partial charge in [0.1, 0.15) is 0 Å². The van der Waals surface area contributed by atoms with Gasteiger partial charge in [0, 0.05) is 0 Å². The van der Waals surface area contributed by atoms with Gasteiger partial charge < -0.3 is 9.97 Å². The van der Waals surface area contributed by atoms with E-state index >= 15 is 0 Å². The number of hydrogen-bond donors (Lipinski definition) is 2. The number of imidazole rings is 2. The first-order valence-corrected chi connectivity index (χ1v) is 9.64. The maximum atomic E-state index is 12.3. The summed E-state index contributed by atoms with van der Waals surface area (Å²) in [6.45, 7) is 4.25. The minimum atomic E-state index is -1.38. The summed E-state index contributed by atoms with van der Waals surface area (Å²) in [6, 6.07) is 0. The summed E-state index contributed by atoms with van der Waals surface area (Å²) in [7, 11) is -1.38. The molecule has 5 nitrogen and oxygen atoms in total. The Kier molecular flexibility index (Phi) is 6.18. The van der Waals surface area contributed by atoms with Crippen LogP contribution in [0.1, 0.15) is 26.7 Å². The number of H-pyrrole nitrogens is 2. The summed E-state index contributed by atoms with van der Waals surface area (Å²) in [5.41, 5.74) is 0. The average Bonchev–Trinajstić information content (AvgIpc) is 3.11. The van der Waals surface area contributed by atoms with Crippen molar-refractivity contribution in [2.24, 2.45) is 0 Å². The first-order valence-electron chi connectivity index (χ1n) is 6.52. The second-order valence-corrected chi connectivity index (χ2v) is 7.66. The SMILES string of the molecule is CCCSc1cnc(S(=O)c2ncc(SCCC)[nH]2)[nH]1. The molecule has 0 radical (unpaired) electrons. The minimum Gasteiger partial charge on any atom is -0.326 e. The Morgan fingerprint density at radius 1 is 1.00 bits per heavy atom. The van der Waals surface area contributed by atoms with Crippen LogP contribution in [0.2, 0.25) is 0 Å². The van der Waals surface area contributed by atoms with Crippen LogP contribution in [0.4, 0.5) is 0 Å². The lowest BCUT2D eigenvalue weighted by Crippen LogP contribution is -1.97. The number of nitrogens with one attached hydrogen (secondary N) is 2. The first kappa shape index (κ1) is 15.7. The van der Waals surface area contributed by atoms with Crippen LogP contribution in [-0.2, 0) is 10.8 Å². The molecule has 0 atom stereocenters. The topological polar surface area (TPSA) is 74.4 Å². The summed E-state index contributed by atoms with van der Waals surface area (Å²) in [6.07, 6.45) is 5.64. The molecule has 0 aliphatic carbocycles. The lowest BCUT2D eigenvalue weighted by molar-refractivity contribution is 0.670. The fourth-order valence-corrected chi connectivity index (χ4v) is 3.88. The Labute approximate surface area is 129 Å². The molecule has 2 aromatic rings. The van der Waals surface area contributed by atoms with Crippen molar-refractivity contribution in [3.05, 3.63) is 12.4 Å². The number of nitrogens with zero attached hydrogens (tertiary/aromatic N) is 2. The van der Waals surface area contributed by atoms with Crippen LogP contribution in [0.25, 0.3) is 0 Å². The van der Waals surface area contributed by atoms with Gasteiger partial charge in [0.2, 0.25) is 10.3 Å². The van der Waals surface area contributed by atoms with Crippen molar-refractivity contribution in [2.45, 2.75) is 47.1 Å². The zero-order valence-corrected chi connectivity index (χ0v) is 14.0. The molecule has 0 unspecified atom stereocenters. The van der Waals surface area contributed by atoms with Crippen molar-refractivity contribution >= 4 is 34.3 Å². The third-order valence-corrected chi connectivity index (χ3v) is 5.71. The summed E-state index contributed by atoms with van der Waals surface area (Å²) in [5, 5.41) is 2.79. The fraction of sp³-hybridized carbons (Fsp3) is 0.500. The van der Waals surface area contributed by atoms with Gasteiger partial charge in [-0.25, -0.2) is 14.2 Å². The number of hydrogen-bond acceptors (Lipinski definition) is 5. The molecule has 2 aromatic heterocycles. The van der Waals surface area contributed by atoms with Crippen LogP contribution in [0.15, 0.2) is 32.8 Å². The molecule has 2 N–H and O–H groups in total. The molecule has 0 amide bonds. The highest BCUT2D eigenvalue weighted by Crippen LogP contribution is 2.21. The molecule has 0 spiro atoms. The van der Waals surface area contributed by atoms with Gasteiger partial charge in [0.05, 0.1) is 22.4 Å². The Balaban J connectivity index is 2.02. The van der Waals surface area contributed by atoms with Gasteiger partial charge in [0.25, 0.3) is 0 Å². The Hall–Kier alpha value is -0.730. The van der Waals surface area contributed by atoms with E-state index in [9.17, 15) is 4.21 Å². The maximum Gasteiger partial charge on any atom is 0.205 e. The van der Waals surface area contributed by atoms with Crippen LogP contribution in [0.5, 0.6) is 0 Å². The van der Waals surface area contributed by atoms with Crippen molar-refractivity contribution in [1.29, 1.82) is 0 Å². The molecule has 8 heteroatoms. The molecule has 110 valence electrons. The standard InChI is InChI=1S/C12H18N4OS3/c1-3-5-18-9-7-13-11(15-9)20(17)12-14-8-10(16-12)19-6-4-2/h7-8H,3-6H2,1-2H3,(H,13,15)(H,14,16). The highest BCUT2D eigenvalue weighted by atomic mass is 32.2. The van der Waals surface area contributed by atoms with Crippen molar-refractivity contribution in [3.63, 3.8) is 0 Å². The predicted octanol–water partition coefficient (Wildman–Crippen LogP) is 3.30. The van der Waals surface area contributed by atoms with E-state index < -0.39 is 10.8 Å². The average molecular weight is 331 g/mol. The fourth-order valence-electron chi connectivity index (χ4n) is 1.43. The van der Waals surface area contributed by atoms with Crippen LogP contribution in [-0.4, -0.2) is 35.7 Å². The Morgan fingerprint density at radius 2 is 1.45 bits per heavy atom. The summed E-state index contributed by atoms with van der Waals surface area (Å²) in [5.74, 6) is 2.04. The van der Waals surface area contributed by atoms with Crippen LogP contribution < -0.4 is 0 Å². The van der Waals surface area contributed by atoms with Gasteiger partial charge in [-0.05, 0) is 24.3 Å². The van der Waals surface area contributed by atoms with E-state index in [0.717, 1.165) is 34.4 Å². The largest absolute Gasteiger partial charge is 0.326 e. The summed E-state index contributed by atoms with van der Waals surface area (Å²) in [4.78, 5) is 14.5. The van der Waals surface area contributed by atoms with Gasteiger partial charge in [-0.1, -0.05) is 13.8 Å². The molecule has 0 aromatic carbocycles. The zero-order chi connectivity index (χ0) is 14.4. The second kappa shape index (κ2) is 7.90. The van der Waals surface area contributed by atoms with Gasteiger partial charge in [-0.15, -0.1) is 23.5 Å². The third-order valence-electron chi connectivity index (χ3n) is 2.33. The number of thioether (sulfide) groups is 2. The molecule has 0 saturated heterocycles. The highest BCUT2D eigenvalue weighted by Gasteiger charge is 2.15. The van der Waals surface area contributed by atoms with Gasteiger partial charge in [0.15, 0.2) is 10.8 Å². The van der Waals surface area contributed by atoms with E-state index in [2.05, 4.69) is 33.8 Å². The van der Waals surface area contributed by atoms with Crippen LogP contribution in [0, 0.1) is 0 Å². The first-order chi connectivity index (χ1) is 9.74. The third kappa shape index (κ3) is 4.13. The smallest absolute Gasteiger partial charge is 0.205 e. The molecule has 20 heavy (non-hydrogen) atoms. The summed E-state index contributed by atoms with van der Waals surface area (Å²) >= 11 is 3.37. The normalized spacial score (nSPS) is 11.3. The predicted molar refractivity (Wildman–Crippen MR) is 83.9 cm³/mol. The second-order valence-electron chi connectivity index (χ2n) is 4.07. The minimum absolute atomic E-state index is 0.449. The van der Waals surface area contributed by atoms with Gasteiger partial charge in [-0.3, -0.25) is 0 Å². The lowest BCUT2D eigenvalue weighted by Gasteiger charge is -1.95. The monoisotopic (exact) mass is 330 g/mol. The van der Waals surface area contributed by atoms with Crippen LogP contribution in [0.3, 0.4) is 0 Å². The Morgan fingerprint density at radius 3 is 1.85 bits per heavy atom. The lowest BCUT2D eigenvalue weighted by atomic mass is 10.6.